The largest absolute Gasteiger partial charge is 0.353 e. The zero-order valence-corrected chi connectivity index (χ0v) is 15.8. The maximum atomic E-state index is 13.0. The number of thiophene rings is 1. The normalized spacial score (nSPS) is 21.4. The first-order chi connectivity index (χ1) is 12.1. The molecule has 25 heavy (non-hydrogen) atoms. The summed E-state index contributed by atoms with van der Waals surface area (Å²) in [6.45, 7) is 4.64. The molecule has 0 saturated heterocycles. The van der Waals surface area contributed by atoms with Gasteiger partial charge in [-0.25, -0.2) is 4.98 Å². The first-order valence-corrected chi connectivity index (χ1v) is 10.1. The number of aryl methyl sites for hydroxylation is 2. The zero-order valence-electron chi connectivity index (χ0n) is 15.0. The van der Waals surface area contributed by atoms with Gasteiger partial charge in [-0.3, -0.25) is 9.69 Å². The Hall–Kier alpha value is -1.66. The predicted octanol–water partition coefficient (Wildman–Crippen LogP) is 2.95. The lowest BCUT2D eigenvalue weighted by molar-refractivity contribution is -0.124. The lowest BCUT2D eigenvalue weighted by Gasteiger charge is -2.32. The summed E-state index contributed by atoms with van der Waals surface area (Å²) in [4.78, 5) is 21.3. The van der Waals surface area contributed by atoms with Crippen LogP contribution in [0.25, 0.3) is 0 Å². The van der Waals surface area contributed by atoms with Gasteiger partial charge in [0.1, 0.15) is 0 Å². The van der Waals surface area contributed by atoms with Gasteiger partial charge in [0.25, 0.3) is 0 Å². The van der Waals surface area contributed by atoms with E-state index in [0.29, 0.717) is 6.04 Å². The van der Waals surface area contributed by atoms with E-state index in [9.17, 15) is 4.79 Å². The molecule has 1 atom stereocenters. The number of aromatic nitrogens is 2. The number of fused-ring (bicyclic) bond motifs is 1. The van der Waals surface area contributed by atoms with Gasteiger partial charge in [0.15, 0.2) is 0 Å². The van der Waals surface area contributed by atoms with Gasteiger partial charge in [-0.2, -0.15) is 0 Å². The fraction of sp³-hybridized carbons (Fsp3) is 0.579. The van der Waals surface area contributed by atoms with Crippen molar-refractivity contribution < 1.29 is 4.79 Å². The molecule has 1 aliphatic carbocycles. The van der Waals surface area contributed by atoms with Gasteiger partial charge in [-0.05, 0) is 36.8 Å². The molecule has 1 N–H and O–H groups in total. The van der Waals surface area contributed by atoms with Crippen molar-refractivity contribution >= 4 is 17.2 Å². The molecule has 134 valence electrons. The quantitative estimate of drug-likeness (QED) is 0.914. The van der Waals surface area contributed by atoms with Crippen LogP contribution in [-0.4, -0.2) is 32.9 Å². The number of nitrogens with zero attached hydrogens (tertiary/aromatic N) is 3. The summed E-state index contributed by atoms with van der Waals surface area (Å²) in [5, 5.41) is 5.44. The second-order valence-electron chi connectivity index (χ2n) is 7.43. The van der Waals surface area contributed by atoms with Gasteiger partial charge in [-0.1, -0.05) is 12.8 Å². The van der Waals surface area contributed by atoms with Crippen molar-refractivity contribution in [1.29, 1.82) is 0 Å². The standard InChI is InChI=1S/C19H26N4OS/c1-13-7-8-25-17(13)11-23-9-15(18-16(10-23)20-12-22(18)2)19(24)21-14-5-3-4-6-14/h7-8,12,14-15H,3-6,9-11H2,1-2H3,(H,21,24). The molecule has 1 amide bonds. The van der Waals surface area contributed by atoms with Crippen molar-refractivity contribution in [1.82, 2.24) is 19.8 Å². The van der Waals surface area contributed by atoms with E-state index in [1.165, 1.54) is 23.3 Å². The van der Waals surface area contributed by atoms with Crippen molar-refractivity contribution in [2.45, 2.75) is 57.7 Å². The molecule has 5 nitrogen and oxygen atoms in total. The van der Waals surface area contributed by atoms with Crippen LogP contribution >= 0.6 is 11.3 Å². The summed E-state index contributed by atoms with van der Waals surface area (Å²) in [5.41, 5.74) is 3.48. The first kappa shape index (κ1) is 16.8. The molecule has 2 aromatic heterocycles. The minimum Gasteiger partial charge on any atom is -0.353 e. The summed E-state index contributed by atoms with van der Waals surface area (Å²) in [6, 6.07) is 2.53. The Balaban J connectivity index is 1.54. The Morgan fingerprint density at radius 1 is 1.40 bits per heavy atom. The fourth-order valence-corrected chi connectivity index (χ4v) is 5.09. The minimum absolute atomic E-state index is 0.128. The number of hydrogen-bond donors (Lipinski definition) is 1. The highest BCUT2D eigenvalue weighted by Crippen LogP contribution is 2.30. The van der Waals surface area contributed by atoms with Gasteiger partial charge in [-0.15, -0.1) is 11.3 Å². The average molecular weight is 359 g/mol. The molecule has 1 saturated carbocycles. The molecule has 2 aliphatic rings. The van der Waals surface area contributed by atoms with Crippen LogP contribution in [0.4, 0.5) is 0 Å². The van der Waals surface area contributed by atoms with E-state index in [1.54, 1.807) is 11.3 Å². The highest BCUT2D eigenvalue weighted by Gasteiger charge is 2.35. The summed E-state index contributed by atoms with van der Waals surface area (Å²) >= 11 is 1.80. The molecule has 4 rings (SSSR count). The lowest BCUT2D eigenvalue weighted by Crippen LogP contribution is -2.44. The van der Waals surface area contributed by atoms with Crippen LogP contribution in [0.3, 0.4) is 0 Å². The molecule has 3 heterocycles. The number of carbonyl (C=O) groups excluding carboxylic acids is 1. The summed E-state index contributed by atoms with van der Waals surface area (Å²) < 4.78 is 2.03. The van der Waals surface area contributed by atoms with E-state index >= 15 is 0 Å². The Bertz CT molecular complexity index is 759. The zero-order chi connectivity index (χ0) is 17.4. The number of carbonyl (C=O) groups is 1. The maximum Gasteiger partial charge on any atom is 0.230 e. The van der Waals surface area contributed by atoms with Gasteiger partial charge in [0.05, 0.1) is 23.6 Å². The van der Waals surface area contributed by atoms with Gasteiger partial charge in [0.2, 0.25) is 5.91 Å². The summed E-state index contributed by atoms with van der Waals surface area (Å²) in [5.74, 6) is 0.0430. The number of nitrogens with one attached hydrogen (secondary N) is 1. The molecule has 0 radical (unpaired) electrons. The molecule has 1 aliphatic heterocycles. The third-order valence-corrected chi connectivity index (χ3v) is 6.57. The van der Waals surface area contributed by atoms with Gasteiger partial charge in [0, 0.05) is 37.6 Å². The highest BCUT2D eigenvalue weighted by molar-refractivity contribution is 7.10. The summed E-state index contributed by atoms with van der Waals surface area (Å²) in [6.07, 6.45) is 6.55. The van der Waals surface area contributed by atoms with Crippen molar-refractivity contribution in [3.63, 3.8) is 0 Å². The molecule has 1 unspecified atom stereocenters. The van der Waals surface area contributed by atoms with E-state index in [4.69, 9.17) is 0 Å². The fourth-order valence-electron chi connectivity index (χ4n) is 4.15. The number of amides is 1. The van der Waals surface area contributed by atoms with Crippen LogP contribution in [0.5, 0.6) is 0 Å². The predicted molar refractivity (Wildman–Crippen MR) is 99.5 cm³/mol. The van der Waals surface area contributed by atoms with Crippen LogP contribution in [0, 0.1) is 6.92 Å². The first-order valence-electron chi connectivity index (χ1n) is 9.17. The van der Waals surface area contributed by atoms with Crippen LogP contribution in [0.2, 0.25) is 0 Å². The topological polar surface area (TPSA) is 50.2 Å². The average Bonchev–Trinajstić information content (AvgIpc) is 3.31. The lowest BCUT2D eigenvalue weighted by atomic mass is 9.96. The van der Waals surface area contributed by atoms with Crippen molar-refractivity contribution in [3.8, 4) is 0 Å². The SMILES string of the molecule is Cc1ccsc1CN1Cc2ncn(C)c2C(C(=O)NC2CCCC2)C1. The van der Waals surface area contributed by atoms with Gasteiger partial charge >= 0.3 is 0 Å². The number of rotatable bonds is 4. The Labute approximate surface area is 153 Å². The van der Waals surface area contributed by atoms with Crippen molar-refractivity contribution in [2.24, 2.45) is 7.05 Å². The molecule has 2 aromatic rings. The van der Waals surface area contributed by atoms with E-state index in [0.717, 1.165) is 43.9 Å². The summed E-state index contributed by atoms with van der Waals surface area (Å²) in [7, 11) is 2.00. The minimum atomic E-state index is -0.128. The Kier molecular flexibility index (Phi) is 4.65. The monoisotopic (exact) mass is 358 g/mol. The van der Waals surface area contributed by atoms with Crippen LogP contribution in [-0.2, 0) is 24.9 Å². The van der Waals surface area contributed by atoms with E-state index < -0.39 is 0 Å². The van der Waals surface area contributed by atoms with E-state index in [-0.39, 0.29) is 11.8 Å². The Morgan fingerprint density at radius 3 is 2.92 bits per heavy atom. The van der Waals surface area contributed by atoms with Crippen LogP contribution in [0.1, 0.15) is 53.4 Å². The molecular weight excluding hydrogens is 332 g/mol. The van der Waals surface area contributed by atoms with Gasteiger partial charge < -0.3 is 9.88 Å². The third-order valence-electron chi connectivity index (χ3n) is 5.56. The van der Waals surface area contributed by atoms with Crippen LogP contribution < -0.4 is 5.32 Å². The van der Waals surface area contributed by atoms with Crippen LogP contribution in [0.15, 0.2) is 17.8 Å². The Morgan fingerprint density at radius 2 is 2.20 bits per heavy atom. The maximum absolute atomic E-state index is 13.0. The molecule has 0 spiro atoms. The second kappa shape index (κ2) is 6.92. The van der Waals surface area contributed by atoms with Crippen molar-refractivity contribution in [3.05, 3.63) is 39.6 Å². The van der Waals surface area contributed by atoms with E-state index in [2.05, 4.69) is 33.6 Å². The number of hydrogen-bond acceptors (Lipinski definition) is 4. The molecule has 0 aromatic carbocycles. The smallest absolute Gasteiger partial charge is 0.230 e. The number of imidazole rings is 1. The second-order valence-corrected chi connectivity index (χ2v) is 8.43. The molecular formula is C19H26N4OS. The third kappa shape index (κ3) is 3.37. The highest BCUT2D eigenvalue weighted by atomic mass is 32.1. The van der Waals surface area contributed by atoms with E-state index in [1.807, 2.05) is 17.9 Å². The molecule has 6 heteroatoms. The molecule has 1 fully saturated rings. The van der Waals surface area contributed by atoms with Crippen molar-refractivity contribution in [2.75, 3.05) is 6.54 Å². The molecule has 0 bridgehead atoms.